The maximum Gasteiger partial charge on any atom is 0.141 e. The van der Waals surface area contributed by atoms with Crippen molar-refractivity contribution in [2.75, 3.05) is 0 Å². The predicted molar refractivity (Wildman–Crippen MR) is 132 cm³/mol. The van der Waals surface area contributed by atoms with Gasteiger partial charge in [-0.15, -0.1) is 0 Å². The summed E-state index contributed by atoms with van der Waals surface area (Å²) in [5.74, 6) is 0.742. The molecule has 0 aromatic heterocycles. The first-order chi connectivity index (χ1) is 14.0. The number of unbranched alkanes of at least 4 members (excludes halogenated alkanes) is 16. The van der Waals surface area contributed by atoms with E-state index < -0.39 is 0 Å². The molecule has 0 aliphatic carbocycles. The smallest absolute Gasteiger partial charge is 0.141 e. The third kappa shape index (κ3) is 17.1. The average Bonchev–Trinajstić information content (AvgIpc) is 2.70. The van der Waals surface area contributed by atoms with Crippen LogP contribution in [0.1, 0.15) is 163 Å². The zero-order valence-electron chi connectivity index (χ0n) is 21.1. The van der Waals surface area contributed by atoms with Crippen LogP contribution in [0.3, 0.4) is 0 Å². The van der Waals surface area contributed by atoms with E-state index in [4.69, 9.17) is 0 Å². The van der Waals surface area contributed by atoms with Crippen LogP contribution in [-0.4, -0.2) is 5.78 Å². The Hall–Kier alpha value is -0.330. The van der Waals surface area contributed by atoms with Gasteiger partial charge in [0.1, 0.15) is 5.78 Å². The van der Waals surface area contributed by atoms with Crippen LogP contribution >= 0.6 is 0 Å². The van der Waals surface area contributed by atoms with Crippen LogP contribution in [0.15, 0.2) is 0 Å². The highest BCUT2D eigenvalue weighted by Gasteiger charge is 2.30. The quantitative estimate of drug-likeness (QED) is 0.163. The minimum absolute atomic E-state index is 0.123. The molecule has 0 radical (unpaired) electrons. The average molecular weight is 409 g/mol. The molecule has 0 aromatic rings. The van der Waals surface area contributed by atoms with Crippen molar-refractivity contribution >= 4 is 5.78 Å². The van der Waals surface area contributed by atoms with E-state index in [9.17, 15) is 4.79 Å². The van der Waals surface area contributed by atoms with Crippen LogP contribution in [-0.2, 0) is 4.79 Å². The maximum absolute atomic E-state index is 12.7. The number of rotatable bonds is 22. The molecule has 0 aliphatic heterocycles. The summed E-state index contributed by atoms with van der Waals surface area (Å²) >= 11 is 0. The van der Waals surface area contributed by atoms with Gasteiger partial charge >= 0.3 is 0 Å². The van der Waals surface area contributed by atoms with Crippen LogP contribution in [0.25, 0.3) is 0 Å². The van der Waals surface area contributed by atoms with Crippen molar-refractivity contribution in [2.45, 2.75) is 163 Å². The van der Waals surface area contributed by atoms with Gasteiger partial charge in [-0.25, -0.2) is 0 Å². The molecule has 0 bridgehead atoms. The van der Waals surface area contributed by atoms with Crippen LogP contribution in [0, 0.1) is 11.3 Å². The molecule has 1 unspecified atom stereocenters. The Morgan fingerprint density at radius 3 is 1.34 bits per heavy atom. The van der Waals surface area contributed by atoms with Gasteiger partial charge in [-0.05, 0) is 12.8 Å². The highest BCUT2D eigenvalue weighted by molar-refractivity contribution is 5.85. The van der Waals surface area contributed by atoms with E-state index in [0.717, 1.165) is 12.8 Å². The highest BCUT2D eigenvalue weighted by Crippen LogP contribution is 2.30. The van der Waals surface area contributed by atoms with Gasteiger partial charge in [0.25, 0.3) is 0 Å². The second kappa shape index (κ2) is 19.6. The van der Waals surface area contributed by atoms with Crippen LogP contribution in [0.2, 0.25) is 0 Å². The number of ketones is 1. The molecule has 0 spiro atoms. The van der Waals surface area contributed by atoms with E-state index in [1.54, 1.807) is 0 Å². The first kappa shape index (κ1) is 28.7. The van der Waals surface area contributed by atoms with E-state index in [2.05, 4.69) is 34.6 Å². The van der Waals surface area contributed by atoms with Crippen LogP contribution in [0.4, 0.5) is 0 Å². The zero-order chi connectivity index (χ0) is 21.8. The molecule has 0 saturated carbocycles. The molecule has 0 saturated heterocycles. The van der Waals surface area contributed by atoms with E-state index in [1.807, 2.05) is 0 Å². The van der Waals surface area contributed by atoms with Crippen LogP contribution < -0.4 is 0 Å². The second-order valence-electron chi connectivity index (χ2n) is 10.3. The second-order valence-corrected chi connectivity index (χ2v) is 10.3. The number of hydrogen-bond acceptors (Lipinski definition) is 1. The third-order valence-electron chi connectivity index (χ3n) is 6.76. The van der Waals surface area contributed by atoms with Crippen molar-refractivity contribution in [1.82, 2.24) is 0 Å². The molecule has 0 fully saturated rings. The van der Waals surface area contributed by atoms with Gasteiger partial charge in [-0.2, -0.15) is 0 Å². The normalized spacial score (nSPS) is 13.0. The van der Waals surface area contributed by atoms with Crippen molar-refractivity contribution in [1.29, 1.82) is 0 Å². The monoisotopic (exact) mass is 408 g/mol. The lowest BCUT2D eigenvalue weighted by molar-refractivity contribution is -0.131. The summed E-state index contributed by atoms with van der Waals surface area (Å²) in [5, 5.41) is 0. The van der Waals surface area contributed by atoms with Crippen molar-refractivity contribution in [3.8, 4) is 0 Å². The number of hydrogen-bond donors (Lipinski definition) is 0. The van der Waals surface area contributed by atoms with E-state index in [1.165, 1.54) is 116 Å². The van der Waals surface area contributed by atoms with E-state index in [0.29, 0.717) is 5.78 Å². The molecule has 0 rings (SSSR count). The van der Waals surface area contributed by atoms with Crippen molar-refractivity contribution in [3.63, 3.8) is 0 Å². The molecule has 0 N–H and O–H groups in total. The summed E-state index contributed by atoms with van der Waals surface area (Å²) in [6, 6.07) is 0. The molecule has 0 aliphatic rings. The Morgan fingerprint density at radius 1 is 0.586 bits per heavy atom. The molecular formula is C28H56O. The summed E-state index contributed by atoms with van der Waals surface area (Å²) in [6.45, 7) is 11.0. The fourth-order valence-electron chi connectivity index (χ4n) is 4.56. The Bertz CT molecular complexity index is 357. The first-order valence-electron chi connectivity index (χ1n) is 13.5. The van der Waals surface area contributed by atoms with Gasteiger partial charge in [-0.1, -0.05) is 150 Å². The lowest BCUT2D eigenvalue weighted by atomic mass is 9.76. The summed E-state index contributed by atoms with van der Waals surface area (Å²) in [4.78, 5) is 12.7. The van der Waals surface area contributed by atoms with Crippen molar-refractivity contribution in [2.24, 2.45) is 11.3 Å². The van der Waals surface area contributed by atoms with Crippen LogP contribution in [0.5, 0.6) is 0 Å². The maximum atomic E-state index is 12.7. The number of carbonyl (C=O) groups is 1. The van der Waals surface area contributed by atoms with Gasteiger partial charge in [0.2, 0.25) is 0 Å². The Labute approximate surface area is 185 Å². The Balaban J connectivity index is 3.51. The summed E-state index contributed by atoms with van der Waals surface area (Å²) in [6.07, 6.45) is 26.9. The lowest BCUT2D eigenvalue weighted by Gasteiger charge is -2.26. The van der Waals surface area contributed by atoms with Crippen molar-refractivity contribution < 1.29 is 4.79 Å². The third-order valence-corrected chi connectivity index (χ3v) is 6.76. The Morgan fingerprint density at radius 2 is 0.931 bits per heavy atom. The molecule has 29 heavy (non-hydrogen) atoms. The molecule has 1 heteroatoms. The van der Waals surface area contributed by atoms with Gasteiger partial charge in [0, 0.05) is 11.3 Å². The molecule has 0 amide bonds. The van der Waals surface area contributed by atoms with E-state index >= 15 is 0 Å². The van der Waals surface area contributed by atoms with Gasteiger partial charge < -0.3 is 0 Å². The van der Waals surface area contributed by atoms with Gasteiger partial charge in [0.15, 0.2) is 0 Å². The van der Waals surface area contributed by atoms with Crippen molar-refractivity contribution in [3.05, 3.63) is 0 Å². The molecule has 174 valence electrons. The van der Waals surface area contributed by atoms with E-state index in [-0.39, 0.29) is 11.3 Å². The minimum atomic E-state index is -0.123. The molecule has 0 heterocycles. The number of carbonyl (C=O) groups excluding carboxylic acids is 1. The highest BCUT2D eigenvalue weighted by atomic mass is 16.1. The van der Waals surface area contributed by atoms with Gasteiger partial charge in [-0.3, -0.25) is 4.79 Å². The number of Topliss-reactive ketones (excluding diaryl/α,β-unsaturated/α-hetero) is 1. The minimum Gasteiger partial charge on any atom is -0.299 e. The van der Waals surface area contributed by atoms with Gasteiger partial charge in [0.05, 0.1) is 0 Å². The summed E-state index contributed by atoms with van der Waals surface area (Å²) in [7, 11) is 0. The first-order valence-corrected chi connectivity index (χ1v) is 13.5. The fraction of sp³-hybridized carbons (Fsp3) is 0.964. The zero-order valence-corrected chi connectivity index (χ0v) is 21.1. The summed E-state index contributed by atoms with van der Waals surface area (Å²) < 4.78 is 0. The summed E-state index contributed by atoms with van der Waals surface area (Å²) in [5.41, 5.74) is -0.123. The molecule has 0 aromatic carbocycles. The standard InChI is InChI=1S/C28H56O/c1-6-8-10-11-12-13-14-15-16-17-18-19-20-21-23-25-28(4,5)27(29)26(3)24-22-9-7-2/h26H,6-25H2,1-5H3. The molecule has 1 nitrogen and oxygen atoms in total. The molecule has 1 atom stereocenters. The topological polar surface area (TPSA) is 17.1 Å². The largest absolute Gasteiger partial charge is 0.299 e. The Kier molecular flexibility index (Phi) is 19.4. The predicted octanol–water partition coefficient (Wildman–Crippen LogP) is 10.1. The lowest BCUT2D eigenvalue weighted by Crippen LogP contribution is -2.29. The fourth-order valence-corrected chi connectivity index (χ4v) is 4.56. The molecular weight excluding hydrogens is 352 g/mol. The SMILES string of the molecule is CCCCCCCCCCCCCCCCCC(C)(C)C(=O)C(C)CCCCC.